The van der Waals surface area contributed by atoms with Crippen LogP contribution in [0.25, 0.3) is 0 Å². The zero-order valence-corrected chi connectivity index (χ0v) is 12.4. The lowest BCUT2D eigenvalue weighted by Gasteiger charge is -2.21. The number of aliphatic hydroxyl groups is 1. The number of hydrogen-bond acceptors (Lipinski definition) is 3. The second-order valence-corrected chi connectivity index (χ2v) is 5.24. The highest BCUT2D eigenvalue weighted by Gasteiger charge is 2.11. The Balaban J connectivity index is 2.51. The molecule has 2 N–H and O–H groups in total. The quantitative estimate of drug-likeness (QED) is 0.721. The number of benzene rings is 1. The van der Waals surface area contributed by atoms with E-state index in [0.29, 0.717) is 12.0 Å². The first-order chi connectivity index (χ1) is 9.17. The average Bonchev–Trinajstić information content (AvgIpc) is 2.41. The van der Waals surface area contributed by atoms with Crippen LogP contribution >= 0.6 is 0 Å². The van der Waals surface area contributed by atoms with Crippen molar-refractivity contribution in [3.8, 4) is 5.75 Å². The first-order valence-electron chi connectivity index (χ1n) is 7.23. The van der Waals surface area contributed by atoms with Crippen molar-refractivity contribution in [1.82, 2.24) is 5.32 Å². The van der Waals surface area contributed by atoms with Crippen molar-refractivity contribution in [3.63, 3.8) is 0 Å². The molecule has 108 valence electrons. The molecular formula is C16H27NO2. The molecule has 0 saturated heterocycles. The highest BCUT2D eigenvalue weighted by atomic mass is 16.5. The van der Waals surface area contributed by atoms with E-state index in [0.717, 1.165) is 31.7 Å². The molecule has 0 bridgehead atoms. The van der Waals surface area contributed by atoms with E-state index in [4.69, 9.17) is 9.84 Å². The summed E-state index contributed by atoms with van der Waals surface area (Å²) in [6.45, 7) is 8.26. The zero-order chi connectivity index (χ0) is 14.1. The van der Waals surface area contributed by atoms with Gasteiger partial charge in [-0.1, -0.05) is 32.9 Å². The summed E-state index contributed by atoms with van der Waals surface area (Å²) in [7, 11) is 0. The van der Waals surface area contributed by atoms with Gasteiger partial charge in [-0.25, -0.2) is 0 Å². The van der Waals surface area contributed by atoms with Crippen LogP contribution in [0, 0.1) is 5.92 Å². The van der Waals surface area contributed by atoms with Crippen LogP contribution in [0.2, 0.25) is 0 Å². The molecule has 0 aliphatic carbocycles. The van der Waals surface area contributed by atoms with E-state index in [-0.39, 0.29) is 6.61 Å². The maximum Gasteiger partial charge on any atom is 0.119 e. The Labute approximate surface area is 117 Å². The Bertz CT molecular complexity index is 352. The lowest BCUT2D eigenvalue weighted by atomic mass is 10.0. The Morgan fingerprint density at radius 3 is 2.74 bits per heavy atom. The smallest absolute Gasteiger partial charge is 0.119 e. The van der Waals surface area contributed by atoms with Crippen LogP contribution < -0.4 is 10.1 Å². The molecule has 0 saturated carbocycles. The van der Waals surface area contributed by atoms with Gasteiger partial charge in [0.25, 0.3) is 0 Å². The normalized spacial score (nSPS) is 12.7. The van der Waals surface area contributed by atoms with Gasteiger partial charge in [0.05, 0.1) is 6.61 Å². The Morgan fingerprint density at radius 2 is 2.11 bits per heavy atom. The third-order valence-corrected chi connectivity index (χ3v) is 3.18. The molecule has 3 heteroatoms. The lowest BCUT2D eigenvalue weighted by molar-refractivity contribution is 0.243. The maximum atomic E-state index is 9.06. The summed E-state index contributed by atoms with van der Waals surface area (Å²) in [5.41, 5.74) is 1.22. The van der Waals surface area contributed by atoms with Gasteiger partial charge in [-0.2, -0.15) is 0 Å². The van der Waals surface area contributed by atoms with Crippen LogP contribution in [-0.4, -0.2) is 24.4 Å². The van der Waals surface area contributed by atoms with Gasteiger partial charge in [-0.05, 0) is 36.5 Å². The molecule has 3 nitrogen and oxygen atoms in total. The van der Waals surface area contributed by atoms with Crippen molar-refractivity contribution >= 4 is 0 Å². The molecule has 1 unspecified atom stereocenters. The van der Waals surface area contributed by atoms with Gasteiger partial charge >= 0.3 is 0 Å². The third kappa shape index (κ3) is 6.08. The Hall–Kier alpha value is -1.06. The van der Waals surface area contributed by atoms with E-state index in [1.165, 1.54) is 5.56 Å². The second kappa shape index (κ2) is 8.94. The van der Waals surface area contributed by atoms with Gasteiger partial charge in [-0.15, -0.1) is 0 Å². The van der Waals surface area contributed by atoms with Crippen LogP contribution in [0.15, 0.2) is 24.3 Å². The first-order valence-corrected chi connectivity index (χ1v) is 7.23. The number of aliphatic hydroxyl groups excluding tert-OH is 1. The van der Waals surface area contributed by atoms with Gasteiger partial charge in [0.1, 0.15) is 5.75 Å². The monoisotopic (exact) mass is 265 g/mol. The average molecular weight is 265 g/mol. The molecule has 0 heterocycles. The van der Waals surface area contributed by atoms with Crippen molar-refractivity contribution in [2.45, 2.75) is 46.2 Å². The number of nitrogens with one attached hydrogen (secondary N) is 1. The standard InChI is InChI=1S/C16H27NO2/c1-4-10-19-15-7-5-6-14(11-15)12-17-16(8-9-18)13(2)3/h5-7,11,13,16-18H,4,8-10,12H2,1-3H3. The summed E-state index contributed by atoms with van der Waals surface area (Å²) in [5.74, 6) is 1.45. The van der Waals surface area contributed by atoms with E-state index in [9.17, 15) is 0 Å². The molecule has 0 spiro atoms. The number of rotatable bonds is 9. The minimum absolute atomic E-state index is 0.232. The molecule has 1 rings (SSSR count). The molecule has 0 amide bonds. The van der Waals surface area contributed by atoms with Gasteiger partial charge < -0.3 is 15.2 Å². The van der Waals surface area contributed by atoms with Crippen LogP contribution in [0.4, 0.5) is 0 Å². The molecule has 0 aromatic heterocycles. The molecule has 0 aliphatic rings. The summed E-state index contributed by atoms with van der Waals surface area (Å²) in [6, 6.07) is 8.55. The van der Waals surface area contributed by atoms with E-state index >= 15 is 0 Å². The summed E-state index contributed by atoms with van der Waals surface area (Å²) >= 11 is 0. The first kappa shape index (κ1) is 16.0. The largest absolute Gasteiger partial charge is 0.494 e. The molecule has 0 fully saturated rings. The summed E-state index contributed by atoms with van der Waals surface area (Å²) in [4.78, 5) is 0. The number of ether oxygens (including phenoxy) is 1. The summed E-state index contributed by atoms with van der Waals surface area (Å²) < 4.78 is 5.63. The molecule has 19 heavy (non-hydrogen) atoms. The third-order valence-electron chi connectivity index (χ3n) is 3.18. The molecular weight excluding hydrogens is 238 g/mol. The van der Waals surface area contributed by atoms with Crippen LogP contribution in [0.3, 0.4) is 0 Å². The van der Waals surface area contributed by atoms with Gasteiger partial charge in [0, 0.05) is 19.2 Å². The SMILES string of the molecule is CCCOc1cccc(CNC(CCO)C(C)C)c1. The van der Waals surface area contributed by atoms with E-state index in [2.05, 4.69) is 38.2 Å². The van der Waals surface area contributed by atoms with Crippen molar-refractivity contribution in [1.29, 1.82) is 0 Å². The Morgan fingerprint density at radius 1 is 1.32 bits per heavy atom. The number of hydrogen-bond donors (Lipinski definition) is 2. The van der Waals surface area contributed by atoms with Gasteiger partial charge in [-0.3, -0.25) is 0 Å². The molecule has 0 radical (unpaired) electrons. The van der Waals surface area contributed by atoms with Crippen LogP contribution in [0.1, 0.15) is 39.2 Å². The second-order valence-electron chi connectivity index (χ2n) is 5.24. The highest BCUT2D eigenvalue weighted by Crippen LogP contribution is 2.14. The summed E-state index contributed by atoms with van der Waals surface area (Å²) in [6.07, 6.45) is 1.82. The van der Waals surface area contributed by atoms with E-state index < -0.39 is 0 Å². The van der Waals surface area contributed by atoms with Crippen molar-refractivity contribution < 1.29 is 9.84 Å². The van der Waals surface area contributed by atoms with Crippen molar-refractivity contribution in [2.24, 2.45) is 5.92 Å². The predicted octanol–water partition coefficient (Wildman–Crippen LogP) is 2.97. The molecule has 1 aromatic rings. The fourth-order valence-electron chi connectivity index (χ4n) is 2.02. The van der Waals surface area contributed by atoms with Crippen LogP contribution in [0.5, 0.6) is 5.75 Å². The minimum Gasteiger partial charge on any atom is -0.494 e. The zero-order valence-electron chi connectivity index (χ0n) is 12.4. The van der Waals surface area contributed by atoms with Crippen molar-refractivity contribution in [3.05, 3.63) is 29.8 Å². The highest BCUT2D eigenvalue weighted by molar-refractivity contribution is 5.28. The van der Waals surface area contributed by atoms with Crippen LogP contribution in [-0.2, 0) is 6.54 Å². The van der Waals surface area contributed by atoms with Gasteiger partial charge in [0.15, 0.2) is 0 Å². The lowest BCUT2D eigenvalue weighted by Crippen LogP contribution is -2.34. The fourth-order valence-corrected chi connectivity index (χ4v) is 2.02. The topological polar surface area (TPSA) is 41.5 Å². The molecule has 0 aliphatic heterocycles. The minimum atomic E-state index is 0.232. The maximum absolute atomic E-state index is 9.06. The Kier molecular flexibility index (Phi) is 7.53. The van der Waals surface area contributed by atoms with E-state index in [1.807, 2.05) is 12.1 Å². The van der Waals surface area contributed by atoms with Crippen molar-refractivity contribution in [2.75, 3.05) is 13.2 Å². The summed E-state index contributed by atoms with van der Waals surface area (Å²) in [5, 5.41) is 12.6. The van der Waals surface area contributed by atoms with E-state index in [1.54, 1.807) is 0 Å². The molecule has 1 atom stereocenters. The predicted molar refractivity (Wildman–Crippen MR) is 79.4 cm³/mol. The van der Waals surface area contributed by atoms with Gasteiger partial charge in [0.2, 0.25) is 0 Å². The fraction of sp³-hybridized carbons (Fsp3) is 0.625. The molecule has 1 aromatic carbocycles.